The minimum atomic E-state index is 0.109. The van der Waals surface area contributed by atoms with E-state index in [1.165, 1.54) is 0 Å². The van der Waals surface area contributed by atoms with E-state index in [-0.39, 0.29) is 5.91 Å². The van der Waals surface area contributed by atoms with Crippen LogP contribution in [0.5, 0.6) is 0 Å². The molecule has 1 aliphatic heterocycles. The smallest absolute Gasteiger partial charge is 0.257 e. The predicted octanol–water partition coefficient (Wildman–Crippen LogP) is 2.84. The summed E-state index contributed by atoms with van der Waals surface area (Å²) >= 11 is 0. The van der Waals surface area contributed by atoms with Gasteiger partial charge in [-0.3, -0.25) is 4.79 Å². The van der Waals surface area contributed by atoms with E-state index in [1.807, 2.05) is 28.6 Å². The second-order valence-corrected chi connectivity index (χ2v) is 6.72. The molecule has 2 aliphatic rings. The van der Waals surface area contributed by atoms with Crippen LogP contribution in [0.2, 0.25) is 0 Å². The molecular formula is C19H23N3O2. The summed E-state index contributed by atoms with van der Waals surface area (Å²) in [7, 11) is 0. The first-order valence-electron chi connectivity index (χ1n) is 8.69. The number of aromatic nitrogens is 2. The maximum atomic E-state index is 13.1. The molecule has 2 fully saturated rings. The van der Waals surface area contributed by atoms with Gasteiger partial charge in [-0.2, -0.15) is 5.10 Å². The first kappa shape index (κ1) is 15.4. The fraction of sp³-hybridized carbons (Fsp3) is 0.474. The Bertz CT molecular complexity index is 771. The van der Waals surface area contributed by atoms with Crippen molar-refractivity contribution in [3.05, 3.63) is 46.8 Å². The third-order valence-corrected chi connectivity index (χ3v) is 4.96. The van der Waals surface area contributed by atoms with Crippen molar-refractivity contribution >= 4 is 5.91 Å². The quantitative estimate of drug-likeness (QED) is 0.872. The lowest BCUT2D eigenvalue weighted by atomic mass is 10.1. The molecule has 1 aliphatic carbocycles. The summed E-state index contributed by atoms with van der Waals surface area (Å²) in [5.41, 5.74) is 4.95. The van der Waals surface area contributed by atoms with Crippen LogP contribution in [-0.4, -0.2) is 46.9 Å². The van der Waals surface area contributed by atoms with E-state index in [9.17, 15) is 4.79 Å². The lowest BCUT2D eigenvalue weighted by Crippen LogP contribution is -2.41. The van der Waals surface area contributed by atoms with E-state index < -0.39 is 0 Å². The Balaban J connectivity index is 1.78. The van der Waals surface area contributed by atoms with Crippen molar-refractivity contribution in [1.29, 1.82) is 0 Å². The maximum absolute atomic E-state index is 13.1. The Kier molecular flexibility index (Phi) is 3.88. The lowest BCUT2D eigenvalue weighted by Gasteiger charge is -2.27. The molecule has 0 unspecified atom stereocenters. The van der Waals surface area contributed by atoms with Gasteiger partial charge in [0.2, 0.25) is 0 Å². The number of aryl methyl sites for hydroxylation is 1. The highest BCUT2D eigenvalue weighted by Crippen LogP contribution is 2.42. The fourth-order valence-corrected chi connectivity index (χ4v) is 3.39. The average molecular weight is 325 g/mol. The van der Waals surface area contributed by atoms with Crippen molar-refractivity contribution in [2.24, 2.45) is 0 Å². The number of ether oxygens (including phenoxy) is 1. The molecule has 1 saturated heterocycles. The summed E-state index contributed by atoms with van der Waals surface area (Å²) in [5.74, 6) is 0.548. The number of amides is 1. The highest BCUT2D eigenvalue weighted by atomic mass is 16.5. The average Bonchev–Trinajstić information content (AvgIpc) is 3.39. The molecule has 0 spiro atoms. The summed E-state index contributed by atoms with van der Waals surface area (Å²) in [6, 6.07) is 8.19. The number of carbonyl (C=O) groups excluding carboxylic acids is 1. The molecule has 2 heterocycles. The van der Waals surface area contributed by atoms with Gasteiger partial charge in [0, 0.05) is 19.0 Å². The molecule has 1 amide bonds. The van der Waals surface area contributed by atoms with Gasteiger partial charge in [0.25, 0.3) is 5.91 Å². The van der Waals surface area contributed by atoms with Crippen molar-refractivity contribution in [3.8, 4) is 5.69 Å². The normalized spacial score (nSPS) is 18.0. The van der Waals surface area contributed by atoms with Gasteiger partial charge in [-0.05, 0) is 38.3 Å². The van der Waals surface area contributed by atoms with Crippen molar-refractivity contribution in [2.75, 3.05) is 26.3 Å². The standard InChI is InChI=1S/C19H23N3O2/c1-13-5-3-4-6-16(13)22-14(2)17(18(20-22)15-7-8-15)19(23)21-9-11-24-12-10-21/h3-6,15H,7-12H2,1-2H3. The molecule has 2 aromatic rings. The zero-order chi connectivity index (χ0) is 16.7. The molecule has 4 rings (SSSR count). The van der Waals surface area contributed by atoms with Crippen LogP contribution >= 0.6 is 0 Å². The second kappa shape index (κ2) is 6.06. The number of nitrogens with zero attached hydrogens (tertiary/aromatic N) is 3. The number of para-hydroxylation sites is 1. The van der Waals surface area contributed by atoms with Crippen LogP contribution in [-0.2, 0) is 4.74 Å². The fourth-order valence-electron chi connectivity index (χ4n) is 3.39. The van der Waals surface area contributed by atoms with E-state index >= 15 is 0 Å². The SMILES string of the molecule is Cc1ccccc1-n1nc(C2CC2)c(C(=O)N2CCOCC2)c1C. The summed E-state index contributed by atoms with van der Waals surface area (Å²) in [4.78, 5) is 15.0. The van der Waals surface area contributed by atoms with Crippen molar-refractivity contribution < 1.29 is 9.53 Å². The highest BCUT2D eigenvalue weighted by molar-refractivity contribution is 5.97. The first-order chi connectivity index (χ1) is 11.7. The highest BCUT2D eigenvalue weighted by Gasteiger charge is 2.35. The molecule has 5 nitrogen and oxygen atoms in total. The monoisotopic (exact) mass is 325 g/mol. The van der Waals surface area contributed by atoms with Crippen LogP contribution in [0.15, 0.2) is 24.3 Å². The Morgan fingerprint density at radius 3 is 2.54 bits per heavy atom. The van der Waals surface area contributed by atoms with Gasteiger partial charge in [-0.25, -0.2) is 4.68 Å². The zero-order valence-electron chi connectivity index (χ0n) is 14.3. The van der Waals surface area contributed by atoms with Gasteiger partial charge in [0.15, 0.2) is 0 Å². The minimum absolute atomic E-state index is 0.109. The summed E-state index contributed by atoms with van der Waals surface area (Å²) < 4.78 is 7.34. The molecule has 1 aromatic heterocycles. The van der Waals surface area contributed by atoms with Crippen molar-refractivity contribution in [2.45, 2.75) is 32.6 Å². The number of hydrogen-bond donors (Lipinski definition) is 0. The van der Waals surface area contributed by atoms with E-state index in [0.29, 0.717) is 32.2 Å². The maximum Gasteiger partial charge on any atom is 0.257 e. The van der Waals surface area contributed by atoms with E-state index in [2.05, 4.69) is 19.1 Å². The van der Waals surface area contributed by atoms with Crippen molar-refractivity contribution in [1.82, 2.24) is 14.7 Å². The predicted molar refractivity (Wildman–Crippen MR) is 91.7 cm³/mol. The molecule has 0 bridgehead atoms. The van der Waals surface area contributed by atoms with Crippen LogP contribution < -0.4 is 0 Å². The molecule has 0 atom stereocenters. The Labute approximate surface area is 142 Å². The molecule has 0 radical (unpaired) electrons. The molecule has 24 heavy (non-hydrogen) atoms. The Hall–Kier alpha value is -2.14. The van der Waals surface area contributed by atoms with E-state index in [4.69, 9.17) is 9.84 Å². The van der Waals surface area contributed by atoms with Gasteiger partial charge < -0.3 is 9.64 Å². The van der Waals surface area contributed by atoms with Gasteiger partial charge >= 0.3 is 0 Å². The molecular weight excluding hydrogens is 302 g/mol. The van der Waals surface area contributed by atoms with Crippen LogP contribution in [0.4, 0.5) is 0 Å². The van der Waals surface area contributed by atoms with Crippen LogP contribution in [0.3, 0.4) is 0 Å². The van der Waals surface area contributed by atoms with Gasteiger partial charge in [-0.15, -0.1) is 0 Å². The largest absolute Gasteiger partial charge is 0.378 e. The summed E-state index contributed by atoms with van der Waals surface area (Å²) in [6.45, 7) is 6.66. The second-order valence-electron chi connectivity index (χ2n) is 6.72. The minimum Gasteiger partial charge on any atom is -0.378 e. The molecule has 1 saturated carbocycles. The third kappa shape index (κ3) is 2.63. The molecule has 1 aromatic carbocycles. The van der Waals surface area contributed by atoms with E-state index in [1.54, 1.807) is 0 Å². The number of morpholine rings is 1. The first-order valence-corrected chi connectivity index (χ1v) is 8.69. The Morgan fingerprint density at radius 1 is 1.17 bits per heavy atom. The molecule has 126 valence electrons. The van der Waals surface area contributed by atoms with Crippen molar-refractivity contribution in [3.63, 3.8) is 0 Å². The number of rotatable bonds is 3. The molecule has 0 N–H and O–H groups in total. The topological polar surface area (TPSA) is 47.4 Å². The number of hydrogen-bond acceptors (Lipinski definition) is 3. The Morgan fingerprint density at radius 2 is 1.88 bits per heavy atom. The third-order valence-electron chi connectivity index (χ3n) is 4.96. The number of benzene rings is 1. The van der Waals surface area contributed by atoms with Crippen LogP contribution in [0.25, 0.3) is 5.69 Å². The van der Waals surface area contributed by atoms with Gasteiger partial charge in [0.05, 0.1) is 35.9 Å². The summed E-state index contributed by atoms with van der Waals surface area (Å²) in [6.07, 6.45) is 2.27. The lowest BCUT2D eigenvalue weighted by molar-refractivity contribution is 0.0301. The van der Waals surface area contributed by atoms with Crippen LogP contribution in [0.1, 0.15) is 46.1 Å². The van der Waals surface area contributed by atoms with Crippen LogP contribution in [0, 0.1) is 13.8 Å². The summed E-state index contributed by atoms with van der Waals surface area (Å²) in [5, 5.41) is 4.86. The molecule has 5 heteroatoms. The van der Waals surface area contributed by atoms with Gasteiger partial charge in [0.1, 0.15) is 0 Å². The van der Waals surface area contributed by atoms with E-state index in [0.717, 1.165) is 41.0 Å². The zero-order valence-corrected chi connectivity index (χ0v) is 14.3. The van der Waals surface area contributed by atoms with Gasteiger partial charge in [-0.1, -0.05) is 18.2 Å². The number of carbonyl (C=O) groups is 1.